The van der Waals surface area contributed by atoms with Crippen molar-refractivity contribution in [1.82, 2.24) is 5.32 Å². The normalized spacial score (nSPS) is 36.9. The zero-order chi connectivity index (χ0) is 13.7. The molecule has 1 saturated heterocycles. The van der Waals surface area contributed by atoms with Crippen molar-refractivity contribution in [1.29, 1.82) is 0 Å². The molecule has 19 heavy (non-hydrogen) atoms. The van der Waals surface area contributed by atoms with Crippen LogP contribution in [0.5, 0.6) is 0 Å². The first kappa shape index (κ1) is 13.6. The minimum Gasteiger partial charge on any atom is -0.384 e. The number of halogens is 3. The number of methoxy groups -OCH3 is 1. The Morgan fingerprint density at radius 1 is 1.42 bits per heavy atom. The van der Waals surface area contributed by atoms with Gasteiger partial charge in [0.1, 0.15) is 6.17 Å². The molecule has 1 aromatic carbocycles. The minimum atomic E-state index is -0.923. The molecule has 104 valence electrons. The van der Waals surface area contributed by atoms with Crippen molar-refractivity contribution in [2.24, 2.45) is 5.41 Å². The molecule has 2 fully saturated rings. The predicted molar refractivity (Wildman–Crippen MR) is 74.8 cm³/mol. The molecular formula is C14H16Cl2FNO. The molecule has 1 N–H and O–H groups in total. The number of fused-ring (bicyclic) bond motifs is 1. The molecular weight excluding hydrogens is 288 g/mol. The molecule has 1 heterocycles. The van der Waals surface area contributed by atoms with E-state index in [0.717, 1.165) is 18.5 Å². The lowest BCUT2D eigenvalue weighted by Gasteiger charge is -2.34. The van der Waals surface area contributed by atoms with E-state index in [4.69, 9.17) is 27.9 Å². The van der Waals surface area contributed by atoms with E-state index in [2.05, 4.69) is 5.32 Å². The van der Waals surface area contributed by atoms with Crippen molar-refractivity contribution in [2.45, 2.75) is 18.0 Å². The van der Waals surface area contributed by atoms with Crippen molar-refractivity contribution in [3.05, 3.63) is 33.8 Å². The largest absolute Gasteiger partial charge is 0.384 e. The lowest BCUT2D eigenvalue weighted by atomic mass is 9.80. The van der Waals surface area contributed by atoms with Gasteiger partial charge in [-0.2, -0.15) is 0 Å². The van der Waals surface area contributed by atoms with Crippen molar-refractivity contribution < 1.29 is 9.13 Å². The van der Waals surface area contributed by atoms with Crippen LogP contribution in [0, 0.1) is 5.41 Å². The summed E-state index contributed by atoms with van der Waals surface area (Å²) < 4.78 is 19.9. The second-order valence-electron chi connectivity index (χ2n) is 5.59. The van der Waals surface area contributed by atoms with Gasteiger partial charge in [-0.05, 0) is 24.1 Å². The van der Waals surface area contributed by atoms with Crippen LogP contribution in [0.15, 0.2) is 18.2 Å². The summed E-state index contributed by atoms with van der Waals surface area (Å²) in [5.41, 5.74) is 0.312. The second kappa shape index (κ2) is 4.59. The number of hydrogen-bond donors (Lipinski definition) is 1. The Bertz CT molecular complexity index is 508. The first-order chi connectivity index (χ1) is 9.06. The second-order valence-corrected chi connectivity index (χ2v) is 6.40. The molecule has 3 atom stereocenters. The summed E-state index contributed by atoms with van der Waals surface area (Å²) in [5.74, 6) is 0. The van der Waals surface area contributed by atoms with Crippen LogP contribution in [-0.4, -0.2) is 33.0 Å². The Hall–Kier alpha value is -0.350. The molecule has 2 aliphatic rings. The highest BCUT2D eigenvalue weighted by molar-refractivity contribution is 6.42. The maximum atomic E-state index is 14.6. The van der Waals surface area contributed by atoms with Crippen molar-refractivity contribution in [2.75, 3.05) is 26.8 Å². The fraction of sp³-hybridized carbons (Fsp3) is 0.571. The van der Waals surface area contributed by atoms with E-state index >= 15 is 0 Å². The van der Waals surface area contributed by atoms with Gasteiger partial charge in [0.15, 0.2) is 0 Å². The van der Waals surface area contributed by atoms with Crippen LogP contribution >= 0.6 is 23.2 Å². The number of nitrogens with one attached hydrogen (secondary N) is 1. The van der Waals surface area contributed by atoms with Crippen molar-refractivity contribution in [3.63, 3.8) is 0 Å². The lowest BCUT2D eigenvalue weighted by molar-refractivity contribution is 0.0866. The zero-order valence-electron chi connectivity index (χ0n) is 10.7. The van der Waals surface area contributed by atoms with Gasteiger partial charge in [-0.1, -0.05) is 29.3 Å². The predicted octanol–water partition coefficient (Wildman–Crippen LogP) is 3.21. The van der Waals surface area contributed by atoms with Gasteiger partial charge in [0.2, 0.25) is 0 Å². The molecule has 1 saturated carbocycles. The van der Waals surface area contributed by atoms with Crippen molar-refractivity contribution >= 4 is 23.2 Å². The third-order valence-corrected chi connectivity index (χ3v) is 5.35. The Morgan fingerprint density at radius 3 is 2.89 bits per heavy atom. The number of piperidine rings is 1. The first-order valence-electron chi connectivity index (χ1n) is 6.35. The zero-order valence-corrected chi connectivity index (χ0v) is 12.2. The summed E-state index contributed by atoms with van der Waals surface area (Å²) in [6.45, 7) is 1.72. The van der Waals surface area contributed by atoms with E-state index < -0.39 is 11.6 Å². The average molecular weight is 304 g/mol. The molecule has 1 aliphatic carbocycles. The lowest BCUT2D eigenvalue weighted by Crippen LogP contribution is -2.48. The van der Waals surface area contributed by atoms with E-state index in [1.165, 1.54) is 0 Å². The molecule has 1 aromatic rings. The van der Waals surface area contributed by atoms with Gasteiger partial charge in [0, 0.05) is 31.0 Å². The number of benzene rings is 1. The Morgan fingerprint density at radius 2 is 2.21 bits per heavy atom. The Kier molecular flexibility index (Phi) is 3.29. The van der Waals surface area contributed by atoms with Crippen molar-refractivity contribution in [3.8, 4) is 0 Å². The van der Waals surface area contributed by atoms with E-state index in [0.29, 0.717) is 23.2 Å². The monoisotopic (exact) mass is 303 g/mol. The molecule has 1 aliphatic heterocycles. The molecule has 0 spiro atoms. The Labute approximate surface area is 122 Å². The number of hydrogen-bond acceptors (Lipinski definition) is 2. The van der Waals surface area contributed by atoms with E-state index in [1.807, 2.05) is 6.07 Å². The molecule has 0 aromatic heterocycles. The summed E-state index contributed by atoms with van der Waals surface area (Å²) in [6.07, 6.45) is -0.131. The molecule has 2 nitrogen and oxygen atoms in total. The summed E-state index contributed by atoms with van der Waals surface area (Å²) >= 11 is 12.0. The fourth-order valence-electron chi connectivity index (χ4n) is 3.64. The highest BCUT2D eigenvalue weighted by Gasteiger charge is 2.73. The minimum absolute atomic E-state index is 0.156. The quantitative estimate of drug-likeness (QED) is 0.926. The maximum Gasteiger partial charge on any atom is 0.123 e. The van der Waals surface area contributed by atoms with Gasteiger partial charge in [-0.25, -0.2) is 4.39 Å². The third-order valence-electron chi connectivity index (χ3n) is 4.62. The van der Waals surface area contributed by atoms with E-state index in [1.54, 1.807) is 19.2 Å². The van der Waals surface area contributed by atoms with Gasteiger partial charge in [-0.3, -0.25) is 0 Å². The maximum absolute atomic E-state index is 14.6. The molecule has 0 radical (unpaired) electrons. The summed E-state index contributed by atoms with van der Waals surface area (Å²) in [6, 6.07) is 5.45. The average Bonchev–Trinajstić information content (AvgIpc) is 3.05. The molecule has 0 unspecified atom stereocenters. The fourth-order valence-corrected chi connectivity index (χ4v) is 3.93. The van der Waals surface area contributed by atoms with Crippen LogP contribution in [0.3, 0.4) is 0 Å². The smallest absolute Gasteiger partial charge is 0.123 e. The van der Waals surface area contributed by atoms with Crippen LogP contribution in [0.1, 0.15) is 12.0 Å². The van der Waals surface area contributed by atoms with Gasteiger partial charge in [-0.15, -0.1) is 0 Å². The van der Waals surface area contributed by atoms with Gasteiger partial charge in [0.25, 0.3) is 0 Å². The van der Waals surface area contributed by atoms with Crippen LogP contribution < -0.4 is 5.32 Å². The summed E-state index contributed by atoms with van der Waals surface area (Å²) in [4.78, 5) is 0. The van der Waals surface area contributed by atoms with Crippen LogP contribution in [0.25, 0.3) is 0 Å². The SMILES string of the molecule is COC[C@@]12CNC[C@@H](F)[C@]1(c1ccc(Cl)c(Cl)c1)C2. The van der Waals surface area contributed by atoms with E-state index in [9.17, 15) is 4.39 Å². The van der Waals surface area contributed by atoms with Crippen LogP contribution in [-0.2, 0) is 10.2 Å². The molecule has 0 bridgehead atoms. The summed E-state index contributed by atoms with van der Waals surface area (Å²) in [5, 5.41) is 4.15. The van der Waals surface area contributed by atoms with Gasteiger partial charge in [0.05, 0.1) is 16.7 Å². The highest BCUT2D eigenvalue weighted by atomic mass is 35.5. The van der Waals surface area contributed by atoms with Crippen LogP contribution in [0.2, 0.25) is 10.0 Å². The van der Waals surface area contributed by atoms with Crippen LogP contribution in [0.4, 0.5) is 4.39 Å². The topological polar surface area (TPSA) is 21.3 Å². The summed E-state index contributed by atoms with van der Waals surface area (Å²) in [7, 11) is 1.66. The van der Waals surface area contributed by atoms with E-state index in [-0.39, 0.29) is 5.41 Å². The highest BCUT2D eigenvalue weighted by Crippen LogP contribution is 2.68. The van der Waals surface area contributed by atoms with Gasteiger partial charge < -0.3 is 10.1 Å². The Balaban J connectivity index is 2.03. The standard InChI is InChI=1S/C14H16Cl2FNO/c1-19-8-13-6-14(13,12(17)5-18-7-13)9-2-3-10(15)11(16)4-9/h2-4,12,18H,5-8H2,1H3/t12-,13-,14-/m1/s1. The molecule has 0 amide bonds. The molecule has 5 heteroatoms. The first-order valence-corrected chi connectivity index (χ1v) is 7.11. The number of alkyl halides is 1. The van der Waals surface area contributed by atoms with Gasteiger partial charge >= 0.3 is 0 Å². The number of rotatable bonds is 3. The molecule has 3 rings (SSSR count). The third kappa shape index (κ3) is 1.83. The number of ether oxygens (including phenoxy) is 1.